The zero-order valence-corrected chi connectivity index (χ0v) is 16.0. The highest BCUT2D eigenvalue weighted by molar-refractivity contribution is 8.93. The molecule has 0 aromatic heterocycles. The van der Waals surface area contributed by atoms with Gasteiger partial charge in [-0.25, -0.2) is 0 Å². The number of anilines is 2. The number of halogens is 3. The maximum Gasteiger partial charge on any atom is 0.325 e. The second-order valence-corrected chi connectivity index (χ2v) is 5.83. The summed E-state index contributed by atoms with van der Waals surface area (Å²) in [6.07, 6.45) is 2.21. The molecule has 1 aromatic rings. The van der Waals surface area contributed by atoms with E-state index >= 15 is 0 Å². The van der Waals surface area contributed by atoms with E-state index < -0.39 is 0 Å². The summed E-state index contributed by atoms with van der Waals surface area (Å²) in [5.74, 6) is -0.230. The van der Waals surface area contributed by atoms with Gasteiger partial charge in [0.15, 0.2) is 0 Å². The summed E-state index contributed by atoms with van der Waals surface area (Å²) in [7, 11) is 0. The number of carbonyl (C=O) groups is 1. The molecule has 22 heavy (non-hydrogen) atoms. The number of hydrogen-bond donors (Lipinski definition) is 0. The highest BCUT2D eigenvalue weighted by atomic mass is 79.9. The molecule has 1 aliphatic rings. The van der Waals surface area contributed by atoms with Gasteiger partial charge in [0.25, 0.3) is 0 Å². The fourth-order valence-electron chi connectivity index (χ4n) is 2.43. The third-order valence-corrected chi connectivity index (χ3v) is 4.17. The van der Waals surface area contributed by atoms with Gasteiger partial charge in [0.2, 0.25) is 0 Å². The van der Waals surface area contributed by atoms with Crippen molar-refractivity contribution in [2.75, 3.05) is 36.2 Å². The Hall–Kier alpha value is -0.650. The standard InChI is InChI=1S/C15H20Cl2N2O2.BrH/c1-3-5-6-18-10-19(9-15(20)21-4-2)14-8-12(17)11(16)7-13(14)18;/h7-8H,3-6,9-10H2,1-2H3;1H. The fourth-order valence-corrected chi connectivity index (χ4v) is 2.74. The Labute approximate surface area is 152 Å². The molecule has 0 atom stereocenters. The molecule has 0 fully saturated rings. The van der Waals surface area contributed by atoms with Crippen LogP contribution in [0.2, 0.25) is 10.0 Å². The van der Waals surface area contributed by atoms with Crippen molar-refractivity contribution >= 4 is 57.5 Å². The van der Waals surface area contributed by atoms with Crippen molar-refractivity contribution < 1.29 is 9.53 Å². The minimum atomic E-state index is -0.230. The molecule has 0 bridgehead atoms. The lowest BCUT2D eigenvalue weighted by Crippen LogP contribution is -2.35. The molecule has 1 heterocycles. The average molecular weight is 412 g/mol. The third kappa shape index (κ3) is 4.43. The van der Waals surface area contributed by atoms with Gasteiger partial charge in [0, 0.05) is 6.54 Å². The normalized spacial score (nSPS) is 12.9. The lowest BCUT2D eigenvalue weighted by Gasteiger charge is -2.20. The monoisotopic (exact) mass is 410 g/mol. The number of rotatable bonds is 6. The van der Waals surface area contributed by atoms with Crippen LogP contribution in [-0.4, -0.2) is 32.3 Å². The molecule has 0 spiro atoms. The van der Waals surface area contributed by atoms with Gasteiger partial charge < -0.3 is 14.5 Å². The van der Waals surface area contributed by atoms with Gasteiger partial charge in [-0.3, -0.25) is 4.79 Å². The molecule has 1 aromatic carbocycles. The Bertz CT molecular complexity index is 529. The summed E-state index contributed by atoms with van der Waals surface area (Å²) in [5, 5.41) is 1.04. The van der Waals surface area contributed by atoms with Crippen molar-refractivity contribution in [2.24, 2.45) is 0 Å². The number of carbonyl (C=O) groups excluding carboxylic acids is 1. The van der Waals surface area contributed by atoms with Crippen molar-refractivity contribution in [2.45, 2.75) is 26.7 Å². The maximum absolute atomic E-state index is 11.7. The average Bonchev–Trinajstić information content (AvgIpc) is 2.75. The van der Waals surface area contributed by atoms with E-state index in [-0.39, 0.29) is 29.5 Å². The molecule has 0 saturated carbocycles. The van der Waals surface area contributed by atoms with Crippen molar-refractivity contribution in [1.82, 2.24) is 0 Å². The van der Waals surface area contributed by atoms with Gasteiger partial charge in [-0.2, -0.15) is 0 Å². The van der Waals surface area contributed by atoms with E-state index in [4.69, 9.17) is 27.9 Å². The van der Waals surface area contributed by atoms with E-state index in [9.17, 15) is 4.79 Å². The number of benzene rings is 1. The minimum absolute atomic E-state index is 0. The van der Waals surface area contributed by atoms with Gasteiger partial charge in [0.1, 0.15) is 6.54 Å². The van der Waals surface area contributed by atoms with E-state index in [1.54, 1.807) is 6.92 Å². The summed E-state index contributed by atoms with van der Waals surface area (Å²) in [6, 6.07) is 3.70. The molecule has 0 radical (unpaired) electrons. The van der Waals surface area contributed by atoms with E-state index in [2.05, 4.69) is 11.8 Å². The first-order valence-electron chi connectivity index (χ1n) is 7.21. The van der Waals surface area contributed by atoms with Crippen LogP contribution in [-0.2, 0) is 9.53 Å². The van der Waals surface area contributed by atoms with Gasteiger partial charge >= 0.3 is 5.97 Å². The van der Waals surface area contributed by atoms with Crippen molar-refractivity contribution in [1.29, 1.82) is 0 Å². The van der Waals surface area contributed by atoms with Gasteiger partial charge in [0.05, 0.1) is 34.7 Å². The molecule has 0 saturated heterocycles. The van der Waals surface area contributed by atoms with Gasteiger partial charge in [-0.15, -0.1) is 17.0 Å². The van der Waals surface area contributed by atoms with Crippen LogP contribution >= 0.6 is 40.2 Å². The summed E-state index contributed by atoms with van der Waals surface area (Å²) < 4.78 is 5.03. The summed E-state index contributed by atoms with van der Waals surface area (Å²) >= 11 is 12.2. The molecule has 1 aliphatic heterocycles. The highest BCUT2D eigenvalue weighted by Crippen LogP contribution is 2.41. The topological polar surface area (TPSA) is 32.8 Å². The lowest BCUT2D eigenvalue weighted by atomic mass is 10.2. The molecule has 124 valence electrons. The first-order valence-corrected chi connectivity index (χ1v) is 7.97. The van der Waals surface area contributed by atoms with Gasteiger partial charge in [-0.05, 0) is 25.5 Å². The molecule has 2 rings (SSSR count). The summed E-state index contributed by atoms with van der Waals surface area (Å²) in [6.45, 7) is 6.16. The molecule has 0 N–H and O–H groups in total. The van der Waals surface area contributed by atoms with E-state index in [1.807, 2.05) is 17.0 Å². The first-order chi connectivity index (χ1) is 10.1. The SMILES string of the molecule is Br.CCCCN1CN(CC(=O)OCC)c2cc(Cl)c(Cl)cc21. The Kier molecular flexibility index (Phi) is 7.80. The van der Waals surface area contributed by atoms with E-state index in [0.29, 0.717) is 23.3 Å². The molecule has 0 amide bonds. The number of esters is 1. The van der Waals surface area contributed by atoms with E-state index in [1.165, 1.54) is 0 Å². The Morgan fingerprint density at radius 3 is 2.32 bits per heavy atom. The van der Waals surface area contributed by atoms with Crippen LogP contribution < -0.4 is 9.80 Å². The van der Waals surface area contributed by atoms with Crippen LogP contribution in [0.1, 0.15) is 26.7 Å². The van der Waals surface area contributed by atoms with Crippen LogP contribution in [0.15, 0.2) is 12.1 Å². The molecule has 0 unspecified atom stereocenters. The number of nitrogens with zero attached hydrogens (tertiary/aromatic N) is 2. The second kappa shape index (κ2) is 8.85. The first kappa shape index (κ1) is 19.4. The van der Waals surface area contributed by atoms with Crippen LogP contribution in [0, 0.1) is 0 Å². The molecule has 4 nitrogen and oxygen atoms in total. The zero-order valence-electron chi connectivity index (χ0n) is 12.8. The quantitative estimate of drug-likeness (QED) is 0.644. The smallest absolute Gasteiger partial charge is 0.325 e. The van der Waals surface area contributed by atoms with Crippen molar-refractivity contribution in [3.63, 3.8) is 0 Å². The molecule has 0 aliphatic carbocycles. The highest BCUT2D eigenvalue weighted by Gasteiger charge is 2.28. The van der Waals surface area contributed by atoms with Gasteiger partial charge in [-0.1, -0.05) is 36.5 Å². The Morgan fingerprint density at radius 1 is 1.18 bits per heavy atom. The van der Waals surface area contributed by atoms with Crippen LogP contribution in [0.3, 0.4) is 0 Å². The molecular weight excluding hydrogens is 391 g/mol. The van der Waals surface area contributed by atoms with E-state index in [0.717, 1.165) is 30.8 Å². The maximum atomic E-state index is 11.7. The minimum Gasteiger partial charge on any atom is -0.465 e. The Balaban J connectivity index is 0.00000242. The largest absolute Gasteiger partial charge is 0.465 e. The molecule has 7 heteroatoms. The Morgan fingerprint density at radius 2 is 1.77 bits per heavy atom. The predicted octanol–water partition coefficient (Wildman–Crippen LogP) is 4.52. The fraction of sp³-hybridized carbons (Fsp3) is 0.533. The number of ether oxygens (including phenoxy) is 1. The third-order valence-electron chi connectivity index (χ3n) is 3.45. The lowest BCUT2D eigenvalue weighted by molar-refractivity contribution is -0.141. The van der Waals surface area contributed by atoms with Crippen LogP contribution in [0.4, 0.5) is 11.4 Å². The van der Waals surface area contributed by atoms with Crippen molar-refractivity contribution in [3.05, 3.63) is 22.2 Å². The summed E-state index contributed by atoms with van der Waals surface area (Å²) in [5.41, 5.74) is 1.97. The predicted molar refractivity (Wildman–Crippen MR) is 97.9 cm³/mol. The second-order valence-electron chi connectivity index (χ2n) is 5.02. The number of fused-ring (bicyclic) bond motifs is 1. The number of hydrogen-bond acceptors (Lipinski definition) is 4. The van der Waals surface area contributed by atoms with Crippen LogP contribution in [0.25, 0.3) is 0 Å². The summed E-state index contributed by atoms with van der Waals surface area (Å²) in [4.78, 5) is 15.9. The number of unbranched alkanes of at least 4 members (excludes halogenated alkanes) is 1. The van der Waals surface area contributed by atoms with Crippen molar-refractivity contribution in [3.8, 4) is 0 Å². The zero-order chi connectivity index (χ0) is 15.4. The molecular formula is C15H21BrCl2N2O2. The van der Waals surface area contributed by atoms with Crippen LogP contribution in [0.5, 0.6) is 0 Å².